The molecule has 0 saturated heterocycles. The van der Waals surface area contributed by atoms with E-state index < -0.39 is 11.5 Å². The lowest BCUT2D eigenvalue weighted by molar-refractivity contribution is -0.147. The topological polar surface area (TPSA) is 66.4 Å². The summed E-state index contributed by atoms with van der Waals surface area (Å²) in [5.41, 5.74) is 2.06. The van der Waals surface area contributed by atoms with Crippen LogP contribution in [0.15, 0.2) is 12.1 Å². The molecule has 1 aromatic rings. The van der Waals surface area contributed by atoms with Crippen LogP contribution in [0, 0.1) is 20.8 Å². The maximum atomic E-state index is 11.5. The molecule has 1 atom stereocenters. The number of aliphatic carboxylic acids is 1. The molecule has 1 rings (SSSR count). The molecule has 4 nitrogen and oxygen atoms in total. The molecule has 0 heterocycles. The molecule has 0 aliphatic heterocycles. The van der Waals surface area contributed by atoms with Gasteiger partial charge < -0.3 is 10.4 Å². The summed E-state index contributed by atoms with van der Waals surface area (Å²) in [7, 11) is 0. The Kier molecular flexibility index (Phi) is 3.79. The number of amides is 1. The Morgan fingerprint density at radius 2 is 1.61 bits per heavy atom. The highest BCUT2D eigenvalue weighted by Gasteiger charge is 2.38. The molecule has 98 valence electrons. The Labute approximate surface area is 107 Å². The summed E-state index contributed by atoms with van der Waals surface area (Å²) >= 11 is 0. The third kappa shape index (κ3) is 2.53. The summed E-state index contributed by atoms with van der Waals surface area (Å²) in [6, 6.07) is 3.84. The Morgan fingerprint density at radius 1 is 1.17 bits per heavy atom. The number of carbonyl (C=O) groups excluding carboxylic acids is 1. The van der Waals surface area contributed by atoms with Crippen molar-refractivity contribution in [3.8, 4) is 0 Å². The minimum Gasteiger partial charge on any atom is -0.479 e. The predicted octanol–water partition coefficient (Wildman–Crippen LogP) is 2.05. The van der Waals surface area contributed by atoms with Gasteiger partial charge in [-0.05, 0) is 44.4 Å². The third-order valence-electron chi connectivity index (χ3n) is 3.03. The summed E-state index contributed by atoms with van der Waals surface area (Å²) in [6.45, 7) is 8.51. The molecule has 0 aliphatic rings. The lowest BCUT2D eigenvalue weighted by Gasteiger charge is -2.29. The van der Waals surface area contributed by atoms with E-state index in [4.69, 9.17) is 0 Å². The van der Waals surface area contributed by atoms with Gasteiger partial charge >= 0.3 is 5.97 Å². The van der Waals surface area contributed by atoms with Gasteiger partial charge in [-0.2, -0.15) is 0 Å². The maximum absolute atomic E-state index is 11.5. The molecule has 18 heavy (non-hydrogen) atoms. The zero-order valence-corrected chi connectivity index (χ0v) is 11.4. The fourth-order valence-electron chi connectivity index (χ4n) is 2.54. The average Bonchev–Trinajstić information content (AvgIpc) is 2.13. The van der Waals surface area contributed by atoms with Crippen molar-refractivity contribution >= 4 is 11.9 Å². The SMILES string of the molecule is CC(=O)NC(C)(C(=O)O)c1c(C)cc(C)cc1C. The average molecular weight is 249 g/mol. The molecule has 0 aromatic heterocycles. The van der Waals surface area contributed by atoms with Crippen molar-refractivity contribution in [1.82, 2.24) is 5.32 Å². The van der Waals surface area contributed by atoms with Crippen molar-refractivity contribution in [2.75, 3.05) is 0 Å². The van der Waals surface area contributed by atoms with Gasteiger partial charge in [0.2, 0.25) is 5.91 Å². The number of carboxylic acids is 1. The summed E-state index contributed by atoms with van der Waals surface area (Å²) in [5, 5.41) is 12.0. The number of benzene rings is 1. The fraction of sp³-hybridized carbons (Fsp3) is 0.429. The minimum atomic E-state index is -1.40. The molecule has 0 saturated carbocycles. The van der Waals surface area contributed by atoms with E-state index in [1.165, 1.54) is 13.8 Å². The molecule has 2 N–H and O–H groups in total. The lowest BCUT2D eigenvalue weighted by atomic mass is 9.84. The lowest BCUT2D eigenvalue weighted by Crippen LogP contribution is -2.49. The first-order valence-corrected chi connectivity index (χ1v) is 5.79. The number of aryl methyl sites for hydroxylation is 3. The van der Waals surface area contributed by atoms with E-state index in [-0.39, 0.29) is 5.91 Å². The number of carboxylic acid groups (broad SMARTS) is 1. The van der Waals surface area contributed by atoms with E-state index in [0.717, 1.165) is 16.7 Å². The Hall–Kier alpha value is -1.84. The zero-order valence-electron chi connectivity index (χ0n) is 11.4. The van der Waals surface area contributed by atoms with Gasteiger partial charge in [0.15, 0.2) is 5.54 Å². The van der Waals surface area contributed by atoms with Crippen molar-refractivity contribution in [2.24, 2.45) is 0 Å². The summed E-state index contributed by atoms with van der Waals surface area (Å²) in [6.07, 6.45) is 0. The van der Waals surface area contributed by atoms with Crippen LogP contribution in [0.4, 0.5) is 0 Å². The second-order valence-corrected chi connectivity index (χ2v) is 4.89. The molecular weight excluding hydrogens is 230 g/mol. The standard InChI is InChI=1S/C14H19NO3/c1-8-6-9(2)12(10(3)7-8)14(5,13(17)18)15-11(4)16/h6-7H,1-5H3,(H,15,16)(H,17,18). The van der Waals surface area contributed by atoms with Crippen LogP contribution in [0.2, 0.25) is 0 Å². The Morgan fingerprint density at radius 3 is 1.94 bits per heavy atom. The minimum absolute atomic E-state index is 0.362. The number of nitrogens with one attached hydrogen (secondary N) is 1. The van der Waals surface area contributed by atoms with Crippen LogP contribution in [-0.4, -0.2) is 17.0 Å². The highest BCUT2D eigenvalue weighted by atomic mass is 16.4. The van der Waals surface area contributed by atoms with Crippen molar-refractivity contribution < 1.29 is 14.7 Å². The van der Waals surface area contributed by atoms with Gasteiger partial charge in [0.1, 0.15) is 0 Å². The van der Waals surface area contributed by atoms with Crippen molar-refractivity contribution in [3.05, 3.63) is 34.4 Å². The zero-order chi connectivity index (χ0) is 14.1. The molecule has 1 amide bonds. The van der Waals surface area contributed by atoms with E-state index in [1.54, 1.807) is 0 Å². The molecule has 1 aromatic carbocycles. The molecular formula is C14H19NO3. The van der Waals surface area contributed by atoms with Crippen LogP contribution < -0.4 is 5.32 Å². The van der Waals surface area contributed by atoms with E-state index in [9.17, 15) is 14.7 Å². The van der Waals surface area contributed by atoms with Crippen LogP contribution >= 0.6 is 0 Å². The highest BCUT2D eigenvalue weighted by Crippen LogP contribution is 2.29. The van der Waals surface area contributed by atoms with Crippen LogP contribution in [0.25, 0.3) is 0 Å². The number of hydrogen-bond donors (Lipinski definition) is 2. The molecule has 0 radical (unpaired) electrons. The second kappa shape index (κ2) is 4.80. The third-order valence-corrected chi connectivity index (χ3v) is 3.03. The van der Waals surface area contributed by atoms with Gasteiger partial charge in [-0.1, -0.05) is 17.7 Å². The van der Waals surface area contributed by atoms with Crippen molar-refractivity contribution in [2.45, 2.75) is 40.2 Å². The van der Waals surface area contributed by atoms with Crippen molar-refractivity contribution in [3.63, 3.8) is 0 Å². The Balaban J connectivity index is 3.48. The smallest absolute Gasteiger partial charge is 0.333 e. The van der Waals surface area contributed by atoms with Crippen LogP contribution in [0.1, 0.15) is 36.1 Å². The van der Waals surface area contributed by atoms with E-state index in [0.29, 0.717) is 5.56 Å². The maximum Gasteiger partial charge on any atom is 0.333 e. The van der Waals surface area contributed by atoms with E-state index in [1.807, 2.05) is 32.9 Å². The van der Waals surface area contributed by atoms with Gasteiger partial charge in [-0.25, -0.2) is 4.79 Å². The van der Waals surface area contributed by atoms with Gasteiger partial charge in [-0.3, -0.25) is 4.79 Å². The largest absolute Gasteiger partial charge is 0.479 e. The van der Waals surface area contributed by atoms with Crippen LogP contribution in [0.3, 0.4) is 0 Å². The van der Waals surface area contributed by atoms with E-state index >= 15 is 0 Å². The molecule has 4 heteroatoms. The monoisotopic (exact) mass is 249 g/mol. The summed E-state index contributed by atoms with van der Waals surface area (Å²) in [4.78, 5) is 22.8. The first-order valence-electron chi connectivity index (χ1n) is 5.79. The number of hydrogen-bond acceptors (Lipinski definition) is 2. The molecule has 0 spiro atoms. The quantitative estimate of drug-likeness (QED) is 0.861. The predicted molar refractivity (Wildman–Crippen MR) is 69.5 cm³/mol. The molecule has 0 bridgehead atoms. The Bertz CT molecular complexity index is 485. The first-order chi connectivity index (χ1) is 8.18. The van der Waals surface area contributed by atoms with Gasteiger partial charge in [-0.15, -0.1) is 0 Å². The first kappa shape index (κ1) is 14.2. The molecule has 1 unspecified atom stereocenters. The summed E-state index contributed by atoms with van der Waals surface area (Å²) in [5.74, 6) is -1.42. The highest BCUT2D eigenvalue weighted by molar-refractivity contribution is 5.87. The van der Waals surface area contributed by atoms with Gasteiger partial charge in [0.05, 0.1) is 0 Å². The van der Waals surface area contributed by atoms with Crippen LogP contribution in [-0.2, 0) is 15.1 Å². The van der Waals surface area contributed by atoms with Crippen molar-refractivity contribution in [1.29, 1.82) is 0 Å². The number of rotatable bonds is 3. The second-order valence-electron chi connectivity index (χ2n) is 4.89. The normalized spacial score (nSPS) is 13.8. The van der Waals surface area contributed by atoms with Crippen LogP contribution in [0.5, 0.6) is 0 Å². The summed E-state index contributed by atoms with van der Waals surface area (Å²) < 4.78 is 0. The van der Waals surface area contributed by atoms with Gasteiger partial charge in [0, 0.05) is 6.92 Å². The van der Waals surface area contributed by atoms with Gasteiger partial charge in [0.25, 0.3) is 0 Å². The molecule has 0 aliphatic carbocycles. The van der Waals surface area contributed by atoms with E-state index in [2.05, 4.69) is 5.32 Å². The fourth-order valence-corrected chi connectivity index (χ4v) is 2.54. The molecule has 0 fully saturated rings. The number of carbonyl (C=O) groups is 2.